The summed E-state index contributed by atoms with van der Waals surface area (Å²) in [6.07, 6.45) is 2.29. The number of aliphatic imine (C=N–C) groups is 1. The largest absolute Gasteiger partial charge is 0.381 e. The molecule has 23 heavy (non-hydrogen) atoms. The van der Waals surface area contributed by atoms with E-state index in [0.717, 1.165) is 51.6 Å². The predicted molar refractivity (Wildman–Crippen MR) is 101 cm³/mol. The normalized spacial score (nSPS) is 24.1. The topological polar surface area (TPSA) is 36.9 Å². The van der Waals surface area contributed by atoms with Crippen molar-refractivity contribution in [2.75, 3.05) is 32.8 Å². The number of hydrogen-bond donors (Lipinski definition) is 1. The molecule has 2 saturated heterocycles. The molecule has 1 unspecified atom stereocenters. The smallest absolute Gasteiger partial charge is 0.194 e. The van der Waals surface area contributed by atoms with Gasteiger partial charge in [0.2, 0.25) is 0 Å². The van der Waals surface area contributed by atoms with Gasteiger partial charge < -0.3 is 15.0 Å². The maximum atomic E-state index is 13.7. The van der Waals surface area contributed by atoms with Crippen LogP contribution in [0.25, 0.3) is 0 Å². The Kier molecular flexibility index (Phi) is 6.64. The summed E-state index contributed by atoms with van der Waals surface area (Å²) >= 11 is 0. The number of halogens is 2. The second-order valence-electron chi connectivity index (χ2n) is 6.24. The summed E-state index contributed by atoms with van der Waals surface area (Å²) in [6, 6.07) is 6.83. The Morgan fingerprint density at radius 2 is 2.22 bits per heavy atom. The number of ether oxygens (including phenoxy) is 1. The van der Waals surface area contributed by atoms with Crippen molar-refractivity contribution in [3.8, 4) is 0 Å². The standard InChI is InChI=1S/C17H24FN3O.HI/c1-2-19-16(20-11-14-5-3-4-6-15(14)18)21-9-7-17(12-21)8-10-22-13-17;/h3-6H,2,7-13H2,1H3,(H,19,20);1H. The van der Waals surface area contributed by atoms with Crippen LogP contribution in [-0.2, 0) is 11.3 Å². The third-order valence-corrected chi connectivity index (χ3v) is 4.61. The highest BCUT2D eigenvalue weighted by atomic mass is 127. The molecule has 2 fully saturated rings. The molecule has 3 rings (SSSR count). The number of rotatable bonds is 3. The average Bonchev–Trinajstić information content (AvgIpc) is 3.16. The molecular formula is C17H25FIN3O. The van der Waals surface area contributed by atoms with E-state index in [0.29, 0.717) is 17.5 Å². The van der Waals surface area contributed by atoms with Crippen molar-refractivity contribution < 1.29 is 9.13 Å². The molecule has 1 N–H and O–H groups in total. The molecular weight excluding hydrogens is 408 g/mol. The summed E-state index contributed by atoms with van der Waals surface area (Å²) in [5.41, 5.74) is 0.935. The van der Waals surface area contributed by atoms with Crippen LogP contribution in [0.1, 0.15) is 25.3 Å². The number of guanidine groups is 1. The number of nitrogens with one attached hydrogen (secondary N) is 1. The van der Waals surface area contributed by atoms with Gasteiger partial charge in [-0.2, -0.15) is 0 Å². The van der Waals surface area contributed by atoms with Gasteiger partial charge in [-0.15, -0.1) is 24.0 Å². The van der Waals surface area contributed by atoms with Gasteiger partial charge >= 0.3 is 0 Å². The first-order valence-corrected chi connectivity index (χ1v) is 8.07. The first kappa shape index (κ1) is 18.4. The monoisotopic (exact) mass is 433 g/mol. The summed E-state index contributed by atoms with van der Waals surface area (Å²) in [7, 11) is 0. The number of likely N-dealkylation sites (tertiary alicyclic amines) is 1. The van der Waals surface area contributed by atoms with Gasteiger partial charge in [-0.3, -0.25) is 0 Å². The van der Waals surface area contributed by atoms with Gasteiger partial charge in [0.1, 0.15) is 5.82 Å². The fourth-order valence-electron chi connectivity index (χ4n) is 3.30. The lowest BCUT2D eigenvalue weighted by atomic mass is 9.87. The van der Waals surface area contributed by atoms with Gasteiger partial charge in [-0.1, -0.05) is 18.2 Å². The van der Waals surface area contributed by atoms with Crippen LogP contribution in [0.4, 0.5) is 4.39 Å². The zero-order valence-corrected chi connectivity index (χ0v) is 15.9. The van der Waals surface area contributed by atoms with Gasteiger partial charge in [0, 0.05) is 37.2 Å². The lowest BCUT2D eigenvalue weighted by Crippen LogP contribution is -2.41. The first-order valence-electron chi connectivity index (χ1n) is 8.07. The molecule has 128 valence electrons. The van der Waals surface area contributed by atoms with Gasteiger partial charge in [0.05, 0.1) is 13.2 Å². The Hall–Kier alpha value is -0.890. The number of nitrogens with zero attached hydrogens (tertiary/aromatic N) is 2. The van der Waals surface area contributed by atoms with E-state index in [1.807, 2.05) is 6.07 Å². The molecule has 0 radical (unpaired) electrons. The molecule has 4 nitrogen and oxygen atoms in total. The fraction of sp³-hybridized carbons (Fsp3) is 0.588. The minimum atomic E-state index is -0.191. The van der Waals surface area contributed by atoms with Crippen LogP contribution in [-0.4, -0.2) is 43.7 Å². The Morgan fingerprint density at radius 1 is 1.39 bits per heavy atom. The minimum Gasteiger partial charge on any atom is -0.381 e. The Bertz CT molecular complexity index is 546. The lowest BCUT2D eigenvalue weighted by Gasteiger charge is -2.25. The molecule has 0 amide bonds. The van der Waals surface area contributed by atoms with Crippen LogP contribution < -0.4 is 5.32 Å². The molecule has 1 aromatic rings. The number of benzene rings is 1. The van der Waals surface area contributed by atoms with E-state index in [-0.39, 0.29) is 29.8 Å². The predicted octanol–water partition coefficient (Wildman–Crippen LogP) is 3.02. The molecule has 2 aliphatic heterocycles. The van der Waals surface area contributed by atoms with Crippen LogP contribution in [0.5, 0.6) is 0 Å². The van der Waals surface area contributed by atoms with E-state index in [2.05, 4.69) is 22.1 Å². The molecule has 1 spiro atoms. The van der Waals surface area contributed by atoms with Crippen LogP contribution in [0.2, 0.25) is 0 Å². The molecule has 6 heteroatoms. The lowest BCUT2D eigenvalue weighted by molar-refractivity contribution is 0.156. The van der Waals surface area contributed by atoms with Crippen LogP contribution in [0.15, 0.2) is 29.3 Å². The molecule has 0 saturated carbocycles. The Morgan fingerprint density at radius 3 is 2.91 bits per heavy atom. The third-order valence-electron chi connectivity index (χ3n) is 4.61. The highest BCUT2D eigenvalue weighted by Crippen LogP contribution is 2.38. The van der Waals surface area contributed by atoms with Crippen molar-refractivity contribution in [3.63, 3.8) is 0 Å². The molecule has 0 aliphatic carbocycles. The van der Waals surface area contributed by atoms with Crippen molar-refractivity contribution in [3.05, 3.63) is 35.6 Å². The fourth-order valence-corrected chi connectivity index (χ4v) is 3.30. The van der Waals surface area contributed by atoms with Gasteiger partial charge in [-0.25, -0.2) is 9.38 Å². The Balaban J connectivity index is 0.00000192. The van der Waals surface area contributed by atoms with E-state index in [1.165, 1.54) is 6.07 Å². The van der Waals surface area contributed by atoms with E-state index < -0.39 is 0 Å². The zero-order valence-electron chi connectivity index (χ0n) is 13.6. The summed E-state index contributed by atoms with van der Waals surface area (Å²) in [6.45, 7) is 6.95. The summed E-state index contributed by atoms with van der Waals surface area (Å²) in [5, 5.41) is 3.33. The maximum absolute atomic E-state index is 13.7. The first-order chi connectivity index (χ1) is 10.7. The van der Waals surface area contributed by atoms with E-state index in [4.69, 9.17) is 4.74 Å². The third kappa shape index (κ3) is 4.35. The summed E-state index contributed by atoms with van der Waals surface area (Å²) in [4.78, 5) is 6.92. The molecule has 1 aromatic carbocycles. The maximum Gasteiger partial charge on any atom is 0.194 e. The van der Waals surface area contributed by atoms with Crippen LogP contribution in [0, 0.1) is 11.2 Å². The van der Waals surface area contributed by atoms with E-state index in [9.17, 15) is 4.39 Å². The number of hydrogen-bond acceptors (Lipinski definition) is 2. The second-order valence-corrected chi connectivity index (χ2v) is 6.24. The van der Waals surface area contributed by atoms with Gasteiger partial charge in [0.15, 0.2) is 5.96 Å². The molecule has 0 bridgehead atoms. The second kappa shape index (κ2) is 8.28. The molecule has 2 heterocycles. The average molecular weight is 433 g/mol. The van der Waals surface area contributed by atoms with Crippen molar-refractivity contribution in [2.24, 2.45) is 10.4 Å². The van der Waals surface area contributed by atoms with Crippen molar-refractivity contribution in [1.29, 1.82) is 0 Å². The highest BCUT2D eigenvalue weighted by Gasteiger charge is 2.42. The summed E-state index contributed by atoms with van der Waals surface area (Å²) < 4.78 is 19.3. The van der Waals surface area contributed by atoms with Crippen molar-refractivity contribution >= 4 is 29.9 Å². The quantitative estimate of drug-likeness (QED) is 0.453. The molecule has 1 atom stereocenters. The zero-order chi connectivity index (χ0) is 15.4. The van der Waals surface area contributed by atoms with Gasteiger partial charge in [-0.05, 0) is 25.8 Å². The Labute approximate surface area is 154 Å². The summed E-state index contributed by atoms with van der Waals surface area (Å²) in [5.74, 6) is 0.693. The molecule has 2 aliphatic rings. The minimum absolute atomic E-state index is 0. The SMILES string of the molecule is CCNC(=NCc1ccccc1F)N1CCC2(CCOC2)C1.I. The molecule has 0 aromatic heterocycles. The van der Waals surface area contributed by atoms with E-state index >= 15 is 0 Å². The van der Waals surface area contributed by atoms with Gasteiger partial charge in [0.25, 0.3) is 0 Å². The van der Waals surface area contributed by atoms with Crippen molar-refractivity contribution in [1.82, 2.24) is 10.2 Å². The van der Waals surface area contributed by atoms with E-state index in [1.54, 1.807) is 12.1 Å². The van der Waals surface area contributed by atoms with Crippen molar-refractivity contribution in [2.45, 2.75) is 26.3 Å². The highest BCUT2D eigenvalue weighted by molar-refractivity contribution is 14.0. The van der Waals surface area contributed by atoms with Crippen LogP contribution in [0.3, 0.4) is 0 Å². The van der Waals surface area contributed by atoms with Crippen LogP contribution >= 0.6 is 24.0 Å².